The molecule has 3 aromatic rings. The number of halogens is 2. The summed E-state index contributed by atoms with van der Waals surface area (Å²) in [5.41, 5.74) is 4.96. The first-order valence-electron chi connectivity index (χ1n) is 8.25. The number of allylic oxidation sites excluding steroid dienone is 1. The molecule has 0 radical (unpaired) electrons. The molecule has 0 aliphatic rings. The number of hydrogen-bond acceptors (Lipinski definition) is 4. The van der Waals surface area contributed by atoms with Crippen molar-refractivity contribution in [1.82, 2.24) is 15.6 Å². The van der Waals surface area contributed by atoms with E-state index in [0.717, 1.165) is 5.56 Å². The normalized spacial score (nSPS) is 10.9. The van der Waals surface area contributed by atoms with Crippen LogP contribution in [-0.2, 0) is 6.42 Å². The summed E-state index contributed by atoms with van der Waals surface area (Å²) in [4.78, 5) is 12.2. The SMILES string of the molecule is C=CCc1cccc(/C=N/NC(=O)c2cc(-c3ccc(Cl)cc3Cl)n[nH]2)c1O. The number of carbonyl (C=O) groups is 1. The Labute approximate surface area is 171 Å². The second kappa shape index (κ2) is 8.73. The van der Waals surface area contributed by atoms with Gasteiger partial charge in [-0.15, -0.1) is 6.58 Å². The largest absolute Gasteiger partial charge is 0.507 e. The number of hydrazone groups is 1. The molecule has 1 aromatic heterocycles. The molecule has 1 heterocycles. The van der Waals surface area contributed by atoms with Crippen molar-refractivity contribution in [2.45, 2.75) is 6.42 Å². The first-order valence-corrected chi connectivity index (χ1v) is 9.01. The Bertz CT molecular complexity index is 1060. The third-order valence-corrected chi connectivity index (χ3v) is 4.46. The minimum Gasteiger partial charge on any atom is -0.507 e. The third-order valence-electron chi connectivity index (χ3n) is 3.91. The summed E-state index contributed by atoms with van der Waals surface area (Å²) in [5, 5.41) is 21.8. The van der Waals surface area contributed by atoms with E-state index in [0.29, 0.717) is 33.3 Å². The van der Waals surface area contributed by atoms with Gasteiger partial charge in [0.1, 0.15) is 11.4 Å². The lowest BCUT2D eigenvalue weighted by atomic mass is 10.1. The average molecular weight is 415 g/mol. The standard InChI is InChI=1S/C20H16Cl2N4O2/c1-2-4-12-5-3-6-13(19(12)27)11-23-26-20(28)18-10-17(24-25-18)15-8-7-14(21)9-16(15)22/h2-3,5-11,27H,1,4H2,(H,24,25)(H,26,28)/b23-11+. The number of carbonyl (C=O) groups excluding carboxylic acids is 1. The van der Waals surface area contributed by atoms with E-state index < -0.39 is 5.91 Å². The number of aromatic hydroxyl groups is 1. The topological polar surface area (TPSA) is 90.4 Å². The van der Waals surface area contributed by atoms with E-state index in [2.05, 4.69) is 27.3 Å². The van der Waals surface area contributed by atoms with Crippen molar-refractivity contribution in [3.63, 3.8) is 0 Å². The molecule has 0 bridgehead atoms. The van der Waals surface area contributed by atoms with Crippen LogP contribution < -0.4 is 5.43 Å². The molecule has 8 heteroatoms. The van der Waals surface area contributed by atoms with Crippen molar-refractivity contribution in [3.05, 3.63) is 82.0 Å². The zero-order valence-electron chi connectivity index (χ0n) is 14.6. The van der Waals surface area contributed by atoms with Crippen LogP contribution in [0.3, 0.4) is 0 Å². The van der Waals surface area contributed by atoms with Crippen molar-refractivity contribution in [2.75, 3.05) is 0 Å². The van der Waals surface area contributed by atoms with Crippen LogP contribution in [0.5, 0.6) is 5.75 Å². The fraction of sp³-hybridized carbons (Fsp3) is 0.0500. The zero-order chi connectivity index (χ0) is 20.1. The van der Waals surface area contributed by atoms with Crippen LogP contribution in [0.4, 0.5) is 0 Å². The number of amides is 1. The Kier molecular flexibility index (Phi) is 6.13. The Morgan fingerprint density at radius 3 is 2.86 bits per heavy atom. The summed E-state index contributed by atoms with van der Waals surface area (Å²) in [6.45, 7) is 3.65. The molecule has 3 N–H and O–H groups in total. The number of nitrogens with zero attached hydrogens (tertiary/aromatic N) is 2. The van der Waals surface area contributed by atoms with Gasteiger partial charge in [0.15, 0.2) is 0 Å². The van der Waals surface area contributed by atoms with Gasteiger partial charge in [0.25, 0.3) is 5.91 Å². The van der Waals surface area contributed by atoms with Crippen LogP contribution in [0, 0.1) is 0 Å². The monoisotopic (exact) mass is 414 g/mol. The molecular formula is C20H16Cl2N4O2. The van der Waals surface area contributed by atoms with E-state index in [1.165, 1.54) is 6.21 Å². The highest BCUT2D eigenvalue weighted by atomic mass is 35.5. The maximum absolute atomic E-state index is 12.2. The summed E-state index contributed by atoms with van der Waals surface area (Å²) in [7, 11) is 0. The second-order valence-electron chi connectivity index (χ2n) is 5.84. The summed E-state index contributed by atoms with van der Waals surface area (Å²) in [6, 6.07) is 11.8. The van der Waals surface area contributed by atoms with Crippen molar-refractivity contribution in [1.29, 1.82) is 0 Å². The second-order valence-corrected chi connectivity index (χ2v) is 6.68. The minimum atomic E-state index is -0.484. The Morgan fingerprint density at radius 1 is 1.29 bits per heavy atom. The van der Waals surface area contributed by atoms with Gasteiger partial charge in [0, 0.05) is 16.1 Å². The molecule has 0 saturated carbocycles. The molecule has 6 nitrogen and oxygen atoms in total. The van der Waals surface area contributed by atoms with Gasteiger partial charge in [-0.05, 0) is 42.3 Å². The van der Waals surface area contributed by atoms with Gasteiger partial charge in [-0.3, -0.25) is 9.89 Å². The van der Waals surface area contributed by atoms with E-state index in [1.807, 2.05) is 0 Å². The molecule has 0 spiro atoms. The van der Waals surface area contributed by atoms with Crippen LogP contribution in [0.2, 0.25) is 10.0 Å². The number of aromatic amines is 1. The van der Waals surface area contributed by atoms with Crippen LogP contribution in [-0.4, -0.2) is 27.4 Å². The highest BCUT2D eigenvalue weighted by Crippen LogP contribution is 2.29. The van der Waals surface area contributed by atoms with Crippen molar-refractivity contribution >= 4 is 35.3 Å². The molecule has 0 aliphatic heterocycles. The minimum absolute atomic E-state index is 0.0987. The number of para-hydroxylation sites is 1. The smallest absolute Gasteiger partial charge is 0.289 e. The number of phenolic OH excluding ortho intramolecular Hbond substituents is 1. The summed E-state index contributed by atoms with van der Waals surface area (Å²) in [6.07, 6.45) is 3.59. The Balaban J connectivity index is 1.71. The van der Waals surface area contributed by atoms with E-state index in [4.69, 9.17) is 23.2 Å². The van der Waals surface area contributed by atoms with Crippen molar-refractivity contribution < 1.29 is 9.90 Å². The third kappa shape index (κ3) is 4.42. The predicted octanol–water partition coefficient (Wildman–Crippen LogP) is 4.58. The number of aromatic nitrogens is 2. The van der Waals surface area contributed by atoms with E-state index in [-0.39, 0.29) is 11.4 Å². The average Bonchev–Trinajstić information content (AvgIpc) is 3.14. The van der Waals surface area contributed by atoms with Gasteiger partial charge < -0.3 is 5.11 Å². The highest BCUT2D eigenvalue weighted by molar-refractivity contribution is 6.36. The van der Waals surface area contributed by atoms with Crippen LogP contribution in [0.1, 0.15) is 21.6 Å². The molecule has 0 unspecified atom stereocenters. The van der Waals surface area contributed by atoms with Gasteiger partial charge >= 0.3 is 0 Å². The lowest BCUT2D eigenvalue weighted by molar-refractivity contribution is 0.0950. The Hall–Kier alpha value is -3.09. The van der Waals surface area contributed by atoms with Crippen molar-refractivity contribution in [2.24, 2.45) is 5.10 Å². The van der Waals surface area contributed by atoms with Gasteiger partial charge in [0.05, 0.1) is 16.9 Å². The van der Waals surface area contributed by atoms with Crippen LogP contribution in [0.15, 0.2) is 60.2 Å². The lowest BCUT2D eigenvalue weighted by Crippen LogP contribution is -2.18. The van der Waals surface area contributed by atoms with E-state index in [9.17, 15) is 9.90 Å². The first kappa shape index (κ1) is 19.7. The molecule has 3 rings (SSSR count). The van der Waals surface area contributed by atoms with E-state index >= 15 is 0 Å². The fourth-order valence-electron chi connectivity index (χ4n) is 2.53. The summed E-state index contributed by atoms with van der Waals surface area (Å²) in [5.74, 6) is -0.386. The molecule has 1 amide bonds. The van der Waals surface area contributed by atoms with Crippen LogP contribution >= 0.6 is 23.2 Å². The van der Waals surface area contributed by atoms with Crippen LogP contribution in [0.25, 0.3) is 11.3 Å². The number of rotatable bonds is 6. The molecule has 142 valence electrons. The number of hydrogen-bond donors (Lipinski definition) is 3. The maximum atomic E-state index is 12.2. The molecule has 0 saturated heterocycles. The van der Waals surface area contributed by atoms with Gasteiger partial charge in [-0.1, -0.05) is 41.4 Å². The maximum Gasteiger partial charge on any atom is 0.289 e. The summed E-state index contributed by atoms with van der Waals surface area (Å²) >= 11 is 12.1. The Morgan fingerprint density at radius 2 is 2.11 bits per heavy atom. The number of phenols is 1. The van der Waals surface area contributed by atoms with E-state index in [1.54, 1.807) is 48.5 Å². The first-order chi connectivity index (χ1) is 13.5. The lowest BCUT2D eigenvalue weighted by Gasteiger charge is -2.04. The molecule has 0 aliphatic carbocycles. The number of benzene rings is 2. The summed E-state index contributed by atoms with van der Waals surface area (Å²) < 4.78 is 0. The molecule has 0 atom stereocenters. The highest BCUT2D eigenvalue weighted by Gasteiger charge is 2.13. The van der Waals surface area contributed by atoms with Gasteiger partial charge in [0.2, 0.25) is 0 Å². The van der Waals surface area contributed by atoms with Crippen molar-refractivity contribution in [3.8, 4) is 17.0 Å². The molecule has 2 aromatic carbocycles. The molecule has 0 fully saturated rings. The molecule has 28 heavy (non-hydrogen) atoms. The quantitative estimate of drug-likeness (QED) is 0.313. The van der Waals surface area contributed by atoms with Gasteiger partial charge in [-0.2, -0.15) is 10.2 Å². The number of H-pyrrole nitrogens is 1. The fourth-order valence-corrected chi connectivity index (χ4v) is 3.03. The zero-order valence-corrected chi connectivity index (χ0v) is 16.1. The predicted molar refractivity (Wildman–Crippen MR) is 111 cm³/mol. The van der Waals surface area contributed by atoms with Gasteiger partial charge in [-0.25, -0.2) is 5.43 Å². The number of nitrogens with one attached hydrogen (secondary N) is 2. The molecular weight excluding hydrogens is 399 g/mol.